The molecule has 8 heteroatoms. The van der Waals surface area contributed by atoms with Gasteiger partial charge >= 0.3 is 5.69 Å². The predicted molar refractivity (Wildman–Crippen MR) is 92.7 cm³/mol. The lowest BCUT2D eigenvalue weighted by atomic mass is 9.73. The van der Waals surface area contributed by atoms with Crippen molar-refractivity contribution in [3.8, 4) is 28.9 Å². The monoisotopic (exact) mass is 358 g/mol. The van der Waals surface area contributed by atoms with Gasteiger partial charge < -0.3 is 19.7 Å². The molecule has 2 atom stereocenters. The summed E-state index contributed by atoms with van der Waals surface area (Å²) in [4.78, 5) is 10.7. The van der Waals surface area contributed by atoms with Crippen LogP contribution in [0.15, 0.2) is 24.3 Å². The van der Waals surface area contributed by atoms with Crippen molar-refractivity contribution in [2.24, 2.45) is 0 Å². The van der Waals surface area contributed by atoms with Crippen LogP contribution in [0.2, 0.25) is 0 Å². The molecule has 2 N–H and O–H groups in total. The summed E-state index contributed by atoms with van der Waals surface area (Å²) in [5.41, 5.74) is 1.44. The van der Waals surface area contributed by atoms with Crippen molar-refractivity contribution in [3.05, 3.63) is 45.5 Å². The number of nitro benzene ring substituents is 1. The molecule has 0 saturated heterocycles. The summed E-state index contributed by atoms with van der Waals surface area (Å²) in [6.45, 7) is 0. The van der Waals surface area contributed by atoms with Crippen LogP contribution in [0.25, 0.3) is 5.69 Å². The molecule has 1 aromatic carbocycles. The maximum absolute atomic E-state index is 11.2. The molecule has 0 saturated carbocycles. The number of rotatable bonds is 4. The van der Waals surface area contributed by atoms with Gasteiger partial charge in [-0.15, -0.1) is 0 Å². The molecule has 0 spiro atoms. The molecule has 1 heterocycles. The Morgan fingerprint density at radius 2 is 1.58 bits per heavy atom. The van der Waals surface area contributed by atoms with Gasteiger partial charge in [0.1, 0.15) is 5.75 Å². The Labute approximate surface area is 149 Å². The van der Waals surface area contributed by atoms with Crippen LogP contribution in [0.3, 0.4) is 0 Å². The molecule has 8 nitrogen and oxygen atoms in total. The fraction of sp³-hybridized carbons (Fsp3) is 0.333. The molecular weight excluding hydrogens is 340 g/mol. The van der Waals surface area contributed by atoms with Gasteiger partial charge in [-0.2, -0.15) is 0 Å². The van der Waals surface area contributed by atoms with E-state index in [4.69, 9.17) is 9.47 Å². The summed E-state index contributed by atoms with van der Waals surface area (Å²) in [5.74, 6) is 0.103. The number of ether oxygens (including phenoxy) is 2. The van der Waals surface area contributed by atoms with E-state index < -0.39 is 4.92 Å². The Hall–Kier alpha value is -3.16. The third kappa shape index (κ3) is 2.08. The average molecular weight is 358 g/mol. The average Bonchev–Trinajstić information content (AvgIpc) is 2.94. The lowest BCUT2D eigenvalue weighted by molar-refractivity contribution is -0.385. The largest absolute Gasteiger partial charge is 0.494 e. The minimum atomic E-state index is -0.574. The van der Waals surface area contributed by atoms with E-state index in [9.17, 15) is 20.3 Å². The molecule has 0 radical (unpaired) electrons. The number of nitro groups is 1. The highest BCUT2D eigenvalue weighted by Gasteiger charge is 2.38. The van der Waals surface area contributed by atoms with Crippen molar-refractivity contribution in [3.63, 3.8) is 0 Å². The van der Waals surface area contributed by atoms with Crippen molar-refractivity contribution in [2.45, 2.75) is 24.7 Å². The van der Waals surface area contributed by atoms with Crippen molar-refractivity contribution < 1.29 is 24.6 Å². The number of allylic oxidation sites excluding steroid dienone is 2. The molecule has 0 aliphatic heterocycles. The summed E-state index contributed by atoms with van der Waals surface area (Å²) < 4.78 is 11.7. The van der Waals surface area contributed by atoms with Crippen LogP contribution < -0.4 is 9.47 Å². The van der Waals surface area contributed by atoms with Gasteiger partial charge in [-0.3, -0.25) is 10.1 Å². The topological polar surface area (TPSA) is 107 Å². The highest BCUT2D eigenvalue weighted by atomic mass is 16.6. The van der Waals surface area contributed by atoms with Gasteiger partial charge in [0, 0.05) is 29.0 Å². The first-order valence-electron chi connectivity index (χ1n) is 8.23. The first-order chi connectivity index (χ1) is 12.5. The van der Waals surface area contributed by atoms with E-state index in [1.54, 1.807) is 0 Å². The maximum Gasteiger partial charge on any atom is 0.314 e. The van der Waals surface area contributed by atoms with Crippen molar-refractivity contribution in [1.29, 1.82) is 0 Å². The van der Waals surface area contributed by atoms with Crippen LogP contribution >= 0.6 is 0 Å². The second-order valence-corrected chi connectivity index (χ2v) is 6.44. The van der Waals surface area contributed by atoms with E-state index in [1.165, 1.54) is 30.9 Å². The van der Waals surface area contributed by atoms with Gasteiger partial charge in [-0.05, 0) is 12.8 Å². The number of aromatic hydroxyl groups is 2. The molecule has 3 aliphatic carbocycles. The summed E-state index contributed by atoms with van der Waals surface area (Å²) in [6, 6.07) is 2.61. The van der Waals surface area contributed by atoms with E-state index in [2.05, 4.69) is 0 Å². The summed E-state index contributed by atoms with van der Waals surface area (Å²) in [6.07, 6.45) is 5.92. The van der Waals surface area contributed by atoms with Crippen LogP contribution in [-0.2, 0) is 0 Å². The zero-order valence-electron chi connectivity index (χ0n) is 14.3. The van der Waals surface area contributed by atoms with E-state index in [1.807, 2.05) is 12.2 Å². The van der Waals surface area contributed by atoms with Gasteiger partial charge in [-0.1, -0.05) is 12.2 Å². The van der Waals surface area contributed by atoms with Crippen LogP contribution in [0, 0.1) is 10.1 Å². The zero-order chi connectivity index (χ0) is 18.6. The minimum Gasteiger partial charge on any atom is -0.494 e. The highest BCUT2D eigenvalue weighted by Crippen LogP contribution is 2.55. The summed E-state index contributed by atoms with van der Waals surface area (Å²) in [5, 5.41) is 32.9. The van der Waals surface area contributed by atoms with Crippen LogP contribution in [-0.4, -0.2) is 33.9 Å². The Bertz CT molecular complexity index is 908. The number of nitrogens with zero attached hydrogens (tertiary/aromatic N) is 2. The molecule has 0 unspecified atom stereocenters. The number of hydrogen-bond acceptors (Lipinski definition) is 6. The normalized spacial score (nSPS) is 20.1. The van der Waals surface area contributed by atoms with E-state index in [0.717, 1.165) is 12.8 Å². The van der Waals surface area contributed by atoms with Crippen molar-refractivity contribution in [1.82, 2.24) is 4.57 Å². The van der Waals surface area contributed by atoms with Crippen LogP contribution in [0.4, 0.5) is 5.69 Å². The van der Waals surface area contributed by atoms with E-state index in [-0.39, 0.29) is 46.5 Å². The standard InChI is InChI=1S/C18H18N2O6/c1-25-13-8-12(20(23)24)14(26-2)7-11(13)19-17(21)15-9-3-4-10(6-5-9)16(15)18(19)22/h3-4,7-10,21-22H,5-6H2,1-2H3/t9-,10+. The van der Waals surface area contributed by atoms with Crippen LogP contribution in [0.5, 0.6) is 23.3 Å². The highest BCUT2D eigenvalue weighted by molar-refractivity contribution is 5.67. The number of aromatic nitrogens is 1. The van der Waals surface area contributed by atoms with Gasteiger partial charge in [0.25, 0.3) is 0 Å². The molecule has 2 aromatic rings. The second-order valence-electron chi connectivity index (χ2n) is 6.44. The lowest BCUT2D eigenvalue weighted by Crippen LogP contribution is -2.15. The zero-order valence-corrected chi connectivity index (χ0v) is 14.3. The van der Waals surface area contributed by atoms with E-state index in [0.29, 0.717) is 11.1 Å². The SMILES string of the molecule is COc1cc([N+](=O)[O-])c(OC)cc1-n1c(O)c2c(c1O)[C@H]1C=C[C@@H]2CC1. The van der Waals surface area contributed by atoms with Crippen molar-refractivity contribution >= 4 is 5.69 Å². The first kappa shape index (κ1) is 16.3. The molecule has 136 valence electrons. The Morgan fingerprint density at radius 1 is 1.04 bits per heavy atom. The fourth-order valence-corrected chi connectivity index (χ4v) is 4.03. The van der Waals surface area contributed by atoms with Gasteiger partial charge in [-0.25, -0.2) is 4.57 Å². The van der Waals surface area contributed by atoms with Gasteiger partial charge in [0.15, 0.2) is 5.75 Å². The summed E-state index contributed by atoms with van der Waals surface area (Å²) >= 11 is 0. The molecule has 1 aromatic heterocycles. The minimum absolute atomic E-state index is 0.0115. The number of benzene rings is 1. The fourth-order valence-electron chi connectivity index (χ4n) is 4.03. The molecule has 26 heavy (non-hydrogen) atoms. The van der Waals surface area contributed by atoms with E-state index >= 15 is 0 Å². The first-order valence-corrected chi connectivity index (χ1v) is 8.23. The predicted octanol–water partition coefficient (Wildman–Crippen LogP) is 3.34. The molecule has 0 fully saturated rings. The Balaban J connectivity index is 1.98. The molecular formula is C18H18N2O6. The van der Waals surface area contributed by atoms with Crippen LogP contribution in [0.1, 0.15) is 35.8 Å². The smallest absolute Gasteiger partial charge is 0.314 e. The van der Waals surface area contributed by atoms with Gasteiger partial charge in [0.2, 0.25) is 11.8 Å². The Morgan fingerprint density at radius 3 is 2.00 bits per heavy atom. The third-order valence-corrected chi connectivity index (χ3v) is 5.22. The number of methoxy groups -OCH3 is 2. The lowest BCUT2D eigenvalue weighted by Gasteiger charge is -2.30. The van der Waals surface area contributed by atoms with Gasteiger partial charge in [0.05, 0.1) is 30.9 Å². The molecule has 3 aliphatic rings. The second kappa shape index (κ2) is 5.69. The number of hydrogen-bond donors (Lipinski definition) is 2. The maximum atomic E-state index is 11.2. The third-order valence-electron chi connectivity index (χ3n) is 5.22. The molecule has 2 bridgehead atoms. The molecule has 5 rings (SSSR count). The summed E-state index contributed by atoms with van der Waals surface area (Å²) in [7, 11) is 2.70. The molecule has 0 amide bonds. The van der Waals surface area contributed by atoms with Crippen molar-refractivity contribution in [2.75, 3.05) is 14.2 Å². The Kier molecular flexibility index (Phi) is 3.57. The number of fused-ring (bicyclic) bond motifs is 1. The quantitative estimate of drug-likeness (QED) is 0.493.